The first-order chi connectivity index (χ1) is 9.50. The highest BCUT2D eigenvalue weighted by Crippen LogP contribution is 2.18. The lowest BCUT2D eigenvalue weighted by Gasteiger charge is -2.28. The number of hydrogen-bond donors (Lipinski definition) is 1. The summed E-state index contributed by atoms with van der Waals surface area (Å²) in [7, 11) is -3.75. The van der Waals surface area contributed by atoms with Crippen LogP contribution in [0.4, 0.5) is 0 Å². The van der Waals surface area contributed by atoms with Gasteiger partial charge < -0.3 is 0 Å². The molecule has 0 saturated heterocycles. The van der Waals surface area contributed by atoms with Gasteiger partial charge in [0, 0.05) is 6.42 Å². The third kappa shape index (κ3) is 1.92. The quantitative estimate of drug-likeness (QED) is 0.854. The van der Waals surface area contributed by atoms with Gasteiger partial charge in [-0.05, 0) is 25.5 Å². The second kappa shape index (κ2) is 4.48. The molecule has 1 aromatic heterocycles. The number of rotatable bonds is 2. The first kappa shape index (κ1) is 12.9. The number of aromatic amines is 1. The zero-order chi connectivity index (χ0) is 14.3. The molecule has 0 spiro atoms. The Morgan fingerprint density at radius 3 is 2.65 bits per heavy atom. The van der Waals surface area contributed by atoms with Crippen LogP contribution in [0.5, 0.6) is 0 Å². The summed E-state index contributed by atoms with van der Waals surface area (Å²) >= 11 is 0. The fourth-order valence-electron chi connectivity index (χ4n) is 2.25. The minimum atomic E-state index is -3.75. The average molecular weight is 294 g/mol. The highest BCUT2D eigenvalue weighted by atomic mass is 32.2. The van der Waals surface area contributed by atoms with E-state index in [4.69, 9.17) is 0 Å². The van der Waals surface area contributed by atoms with E-state index in [2.05, 4.69) is 10.2 Å². The molecule has 1 aromatic carbocycles. The van der Waals surface area contributed by atoms with E-state index in [9.17, 15) is 13.2 Å². The third-order valence-electron chi connectivity index (χ3n) is 3.29. The maximum Gasteiger partial charge on any atom is 0.363 e. The summed E-state index contributed by atoms with van der Waals surface area (Å²) in [5.41, 5.74) is 0.444. The topological polar surface area (TPSA) is 88.1 Å². The summed E-state index contributed by atoms with van der Waals surface area (Å²) in [5, 5.41) is 6.14. The fraction of sp³-hybridized carbons (Fsp3) is 0.333. The van der Waals surface area contributed by atoms with Gasteiger partial charge in [0.2, 0.25) is 0 Å². The molecule has 0 atom stereocenters. The van der Waals surface area contributed by atoms with Crippen molar-refractivity contribution < 1.29 is 8.42 Å². The molecule has 0 aliphatic carbocycles. The van der Waals surface area contributed by atoms with E-state index in [0.29, 0.717) is 18.7 Å². The smallest absolute Gasteiger partial charge is 0.244 e. The Balaban J connectivity index is 2.11. The van der Waals surface area contributed by atoms with Crippen LogP contribution >= 0.6 is 0 Å². The molecule has 7 nitrogen and oxygen atoms in total. The van der Waals surface area contributed by atoms with Crippen LogP contribution in [0.25, 0.3) is 0 Å². The number of benzene rings is 1. The second-order valence-corrected chi connectivity index (χ2v) is 6.57. The number of nitrogens with one attached hydrogen (secondary N) is 1. The fourth-order valence-corrected chi connectivity index (χ4v) is 3.72. The number of hydrogen-bond acceptors (Lipinski definition) is 4. The van der Waals surface area contributed by atoms with E-state index in [0.717, 1.165) is 14.7 Å². The number of nitrogens with zero attached hydrogens (tertiary/aromatic N) is 3. The summed E-state index contributed by atoms with van der Waals surface area (Å²) in [6.07, 6.45) is 1.22. The van der Waals surface area contributed by atoms with Gasteiger partial charge in [0.05, 0.1) is 11.4 Å². The van der Waals surface area contributed by atoms with E-state index in [1.54, 1.807) is 24.3 Å². The van der Waals surface area contributed by atoms with Gasteiger partial charge in [-0.3, -0.25) is 0 Å². The molecule has 1 N–H and O–H groups in total. The van der Waals surface area contributed by atoms with Crippen LogP contribution in [-0.2, 0) is 16.4 Å². The maximum atomic E-state index is 12.6. The lowest BCUT2D eigenvalue weighted by atomic mass is 10.2. The van der Waals surface area contributed by atoms with Gasteiger partial charge >= 0.3 is 5.69 Å². The van der Waals surface area contributed by atoms with Gasteiger partial charge in [0.1, 0.15) is 0 Å². The molecule has 0 fully saturated rings. The van der Waals surface area contributed by atoms with Crippen LogP contribution in [-0.4, -0.2) is 29.8 Å². The molecule has 0 unspecified atom stereocenters. The van der Waals surface area contributed by atoms with Gasteiger partial charge in [-0.2, -0.15) is 22.6 Å². The van der Waals surface area contributed by atoms with Crippen LogP contribution in [0, 0.1) is 6.92 Å². The molecule has 1 aliphatic heterocycles. The Morgan fingerprint density at radius 2 is 1.95 bits per heavy atom. The van der Waals surface area contributed by atoms with Gasteiger partial charge in [-0.15, -0.1) is 0 Å². The lowest BCUT2D eigenvalue weighted by molar-refractivity contribution is 0.527. The molecule has 2 heterocycles. The number of fused-ring (bicyclic) bond motifs is 1. The van der Waals surface area contributed by atoms with E-state index in [1.165, 1.54) is 0 Å². The molecular formula is C12H14N4O3S. The lowest BCUT2D eigenvalue weighted by Crippen LogP contribution is -2.49. The van der Waals surface area contributed by atoms with Crippen LogP contribution in [0.2, 0.25) is 0 Å². The van der Waals surface area contributed by atoms with Gasteiger partial charge in [0.25, 0.3) is 10.0 Å². The predicted octanol–water partition coefficient (Wildman–Crippen LogP) is 0.153. The predicted molar refractivity (Wildman–Crippen MR) is 72.6 cm³/mol. The van der Waals surface area contributed by atoms with Crippen molar-refractivity contribution in [1.82, 2.24) is 14.9 Å². The molecule has 20 heavy (non-hydrogen) atoms. The monoisotopic (exact) mass is 294 g/mol. The van der Waals surface area contributed by atoms with Crippen molar-refractivity contribution in [2.24, 2.45) is 0 Å². The molecule has 106 valence electrons. The molecule has 1 aliphatic rings. The molecular weight excluding hydrogens is 280 g/mol. The summed E-state index contributed by atoms with van der Waals surface area (Å²) in [6, 6.07) is 6.56. The number of aromatic nitrogens is 3. The maximum absolute atomic E-state index is 12.6. The van der Waals surface area contributed by atoms with Crippen molar-refractivity contribution in [3.63, 3.8) is 0 Å². The SMILES string of the molecule is Cc1ccc(S(=O)(=O)N2CCCc3n[nH]c(=O)n32)cc1. The van der Waals surface area contributed by atoms with Crippen LogP contribution in [0.15, 0.2) is 34.0 Å². The van der Waals surface area contributed by atoms with Crippen LogP contribution < -0.4 is 10.1 Å². The van der Waals surface area contributed by atoms with E-state index in [-0.39, 0.29) is 11.4 Å². The van der Waals surface area contributed by atoms with E-state index in [1.807, 2.05) is 6.92 Å². The molecule has 0 saturated carbocycles. The molecule has 8 heteroatoms. The Bertz CT molecular complexity index is 789. The summed E-state index contributed by atoms with van der Waals surface area (Å²) in [4.78, 5) is 11.9. The van der Waals surface area contributed by atoms with Crippen molar-refractivity contribution in [2.75, 3.05) is 11.0 Å². The van der Waals surface area contributed by atoms with Crippen molar-refractivity contribution in [2.45, 2.75) is 24.7 Å². The minimum Gasteiger partial charge on any atom is -0.244 e. The summed E-state index contributed by atoms with van der Waals surface area (Å²) in [5.74, 6) is 0.442. The standard InChI is InChI=1S/C12H14N4O3S/c1-9-4-6-10(7-5-9)20(18,19)15-8-2-3-11-13-14-12(17)16(11)15/h4-7H,2-3,8H2,1H3,(H,14,17). The highest BCUT2D eigenvalue weighted by Gasteiger charge is 2.31. The Hall–Kier alpha value is -2.09. The molecule has 2 aromatic rings. The molecule has 0 bridgehead atoms. The van der Waals surface area contributed by atoms with Gasteiger partial charge in [0.15, 0.2) is 5.82 Å². The molecule has 0 radical (unpaired) electrons. The van der Waals surface area contributed by atoms with E-state index < -0.39 is 15.7 Å². The average Bonchev–Trinajstić information content (AvgIpc) is 2.81. The van der Waals surface area contributed by atoms with Gasteiger partial charge in [-0.1, -0.05) is 17.7 Å². The first-order valence-corrected chi connectivity index (χ1v) is 7.70. The van der Waals surface area contributed by atoms with Crippen LogP contribution in [0.1, 0.15) is 17.8 Å². The Kier molecular flexibility index (Phi) is 2.89. The second-order valence-electron chi connectivity index (χ2n) is 4.72. The van der Waals surface area contributed by atoms with Crippen molar-refractivity contribution in [1.29, 1.82) is 0 Å². The number of H-pyrrole nitrogens is 1. The van der Waals surface area contributed by atoms with Crippen LogP contribution in [0.3, 0.4) is 0 Å². The summed E-state index contributed by atoms with van der Waals surface area (Å²) < 4.78 is 27.5. The minimum absolute atomic E-state index is 0.170. The zero-order valence-corrected chi connectivity index (χ0v) is 11.7. The number of sulfonamides is 1. The zero-order valence-electron chi connectivity index (χ0n) is 10.9. The van der Waals surface area contributed by atoms with Crippen molar-refractivity contribution >= 4 is 10.0 Å². The Labute approximate surface area is 115 Å². The van der Waals surface area contributed by atoms with Crippen molar-refractivity contribution in [3.05, 3.63) is 46.1 Å². The summed E-state index contributed by atoms with van der Waals surface area (Å²) in [6.45, 7) is 2.15. The first-order valence-electron chi connectivity index (χ1n) is 6.26. The normalized spacial score (nSPS) is 15.2. The Morgan fingerprint density at radius 1 is 1.25 bits per heavy atom. The number of aryl methyl sites for hydroxylation is 2. The largest absolute Gasteiger partial charge is 0.363 e. The van der Waals surface area contributed by atoms with Crippen molar-refractivity contribution in [3.8, 4) is 0 Å². The third-order valence-corrected chi connectivity index (χ3v) is 5.06. The van der Waals surface area contributed by atoms with E-state index >= 15 is 0 Å². The molecule has 3 rings (SSSR count). The molecule has 0 amide bonds. The highest BCUT2D eigenvalue weighted by molar-refractivity contribution is 7.92. The van der Waals surface area contributed by atoms with Gasteiger partial charge in [-0.25, -0.2) is 9.89 Å².